The summed E-state index contributed by atoms with van der Waals surface area (Å²) in [7, 11) is -3.94. The van der Waals surface area contributed by atoms with Crippen LogP contribution in [0.2, 0.25) is 5.02 Å². The topological polar surface area (TPSA) is 84.5 Å². The van der Waals surface area contributed by atoms with Crippen molar-refractivity contribution >= 4 is 27.5 Å². The molecule has 0 spiro atoms. The fourth-order valence-corrected chi connectivity index (χ4v) is 4.52. The van der Waals surface area contributed by atoms with Gasteiger partial charge < -0.3 is 10.1 Å². The third-order valence-corrected chi connectivity index (χ3v) is 6.61. The van der Waals surface area contributed by atoms with Crippen LogP contribution in [0, 0.1) is 0 Å². The molecular weight excluding hydrogens is 448 g/mol. The maximum Gasteiger partial charge on any atom is 0.241 e. The summed E-state index contributed by atoms with van der Waals surface area (Å²) in [4.78, 5) is 13.0. The van der Waals surface area contributed by atoms with E-state index in [9.17, 15) is 13.2 Å². The summed E-state index contributed by atoms with van der Waals surface area (Å²) >= 11 is 6.17. The van der Waals surface area contributed by atoms with Gasteiger partial charge in [0.15, 0.2) is 0 Å². The van der Waals surface area contributed by atoms with Gasteiger partial charge in [0.25, 0.3) is 0 Å². The van der Waals surface area contributed by atoms with Gasteiger partial charge >= 0.3 is 0 Å². The monoisotopic (exact) mass is 472 g/mol. The minimum atomic E-state index is -3.94. The van der Waals surface area contributed by atoms with Gasteiger partial charge in [-0.1, -0.05) is 60.1 Å². The van der Waals surface area contributed by atoms with E-state index in [1.54, 1.807) is 30.3 Å². The lowest BCUT2D eigenvalue weighted by Crippen LogP contribution is -2.47. The van der Waals surface area contributed by atoms with Gasteiger partial charge in [0.2, 0.25) is 15.9 Å². The van der Waals surface area contributed by atoms with Crippen molar-refractivity contribution in [1.82, 2.24) is 10.0 Å². The highest BCUT2D eigenvalue weighted by atomic mass is 35.5. The Morgan fingerprint density at radius 3 is 2.28 bits per heavy atom. The van der Waals surface area contributed by atoms with Crippen molar-refractivity contribution in [3.63, 3.8) is 0 Å². The molecule has 32 heavy (non-hydrogen) atoms. The number of nitrogens with one attached hydrogen (secondary N) is 2. The van der Waals surface area contributed by atoms with Crippen LogP contribution in [0.15, 0.2) is 83.8 Å². The lowest BCUT2D eigenvalue weighted by molar-refractivity contribution is -0.122. The number of carbonyl (C=O) groups is 1. The number of rotatable bonds is 10. The van der Waals surface area contributed by atoms with E-state index in [4.69, 9.17) is 16.3 Å². The Morgan fingerprint density at radius 2 is 1.62 bits per heavy atom. The number of halogens is 1. The molecule has 0 saturated carbocycles. The zero-order valence-corrected chi connectivity index (χ0v) is 19.2. The second-order valence-electron chi connectivity index (χ2n) is 7.08. The number of sulfonamides is 1. The molecule has 0 aliphatic heterocycles. The predicted molar refractivity (Wildman–Crippen MR) is 125 cm³/mol. The van der Waals surface area contributed by atoms with Crippen LogP contribution in [0.4, 0.5) is 0 Å². The van der Waals surface area contributed by atoms with Gasteiger partial charge in [-0.15, -0.1) is 0 Å². The smallest absolute Gasteiger partial charge is 0.241 e. The first-order chi connectivity index (χ1) is 15.4. The molecule has 0 aromatic heterocycles. The highest BCUT2D eigenvalue weighted by Gasteiger charge is 2.26. The fraction of sp³-hybridized carbons (Fsp3) is 0.208. The van der Waals surface area contributed by atoms with Crippen molar-refractivity contribution in [3.05, 3.63) is 95.0 Å². The average Bonchev–Trinajstić information content (AvgIpc) is 2.79. The van der Waals surface area contributed by atoms with E-state index >= 15 is 0 Å². The number of ether oxygens (including phenoxy) is 1. The van der Waals surface area contributed by atoms with Gasteiger partial charge in [-0.05, 0) is 54.8 Å². The first-order valence-corrected chi connectivity index (χ1v) is 12.1. The normalized spacial score (nSPS) is 12.2. The van der Waals surface area contributed by atoms with Gasteiger partial charge in [-0.2, -0.15) is 4.72 Å². The van der Waals surface area contributed by atoms with E-state index in [0.29, 0.717) is 17.4 Å². The van der Waals surface area contributed by atoms with E-state index < -0.39 is 22.0 Å². The van der Waals surface area contributed by atoms with Gasteiger partial charge in [-0.25, -0.2) is 8.42 Å². The van der Waals surface area contributed by atoms with Gasteiger partial charge in [-0.3, -0.25) is 4.79 Å². The lowest BCUT2D eigenvalue weighted by Gasteiger charge is -2.19. The van der Waals surface area contributed by atoms with Crippen molar-refractivity contribution in [2.75, 3.05) is 6.61 Å². The number of hydrogen-bond acceptors (Lipinski definition) is 4. The summed E-state index contributed by atoms with van der Waals surface area (Å²) in [6.07, 6.45) is 0.200. The number of carbonyl (C=O) groups excluding carboxylic acids is 1. The Kier molecular flexibility index (Phi) is 8.27. The standard InChI is InChI=1S/C24H25ClN2O4S/c1-2-31-20-12-14-21(15-13-20)32(29,30)27-23(16-18-8-4-3-5-9-18)24(28)26-17-19-10-6-7-11-22(19)25/h3-15,23,27H,2,16-17H2,1H3,(H,26,28). The lowest BCUT2D eigenvalue weighted by atomic mass is 10.1. The predicted octanol–water partition coefficient (Wildman–Crippen LogP) is 3.94. The van der Waals surface area contributed by atoms with Crippen LogP contribution in [-0.2, 0) is 27.8 Å². The summed E-state index contributed by atoms with van der Waals surface area (Å²) in [5.41, 5.74) is 1.58. The highest BCUT2D eigenvalue weighted by Crippen LogP contribution is 2.18. The number of amides is 1. The molecule has 0 aliphatic rings. The Labute approximate surface area is 193 Å². The highest BCUT2D eigenvalue weighted by molar-refractivity contribution is 7.89. The molecule has 3 rings (SSSR count). The maximum atomic E-state index is 13.0. The zero-order valence-electron chi connectivity index (χ0n) is 17.6. The van der Waals surface area contributed by atoms with Crippen molar-refractivity contribution < 1.29 is 17.9 Å². The summed E-state index contributed by atoms with van der Waals surface area (Å²) < 4.78 is 33.9. The van der Waals surface area contributed by atoms with E-state index in [0.717, 1.165) is 11.1 Å². The molecule has 0 bridgehead atoms. The molecule has 8 heteroatoms. The van der Waals surface area contributed by atoms with Crippen LogP contribution in [0.5, 0.6) is 5.75 Å². The molecular formula is C24H25ClN2O4S. The molecule has 0 heterocycles. The Morgan fingerprint density at radius 1 is 0.969 bits per heavy atom. The second kappa shape index (κ2) is 11.1. The second-order valence-corrected chi connectivity index (χ2v) is 9.20. The molecule has 6 nitrogen and oxygen atoms in total. The third-order valence-electron chi connectivity index (χ3n) is 4.75. The summed E-state index contributed by atoms with van der Waals surface area (Å²) in [6.45, 7) is 2.52. The summed E-state index contributed by atoms with van der Waals surface area (Å²) in [5.74, 6) is 0.132. The molecule has 0 saturated heterocycles. The van der Waals surface area contributed by atoms with E-state index in [1.165, 1.54) is 12.1 Å². The Balaban J connectivity index is 1.78. The SMILES string of the molecule is CCOc1ccc(S(=O)(=O)NC(Cc2ccccc2)C(=O)NCc2ccccc2Cl)cc1. The maximum absolute atomic E-state index is 13.0. The molecule has 0 fully saturated rings. The Bertz CT molecular complexity index is 1140. The van der Waals surface area contributed by atoms with Gasteiger partial charge in [0, 0.05) is 11.6 Å². The molecule has 168 valence electrons. The number of hydrogen-bond donors (Lipinski definition) is 2. The quantitative estimate of drug-likeness (QED) is 0.468. The summed E-state index contributed by atoms with van der Waals surface area (Å²) in [6, 6.07) is 21.5. The van der Waals surface area contributed by atoms with Crippen molar-refractivity contribution in [2.45, 2.75) is 30.8 Å². The van der Waals surface area contributed by atoms with E-state index in [2.05, 4.69) is 10.0 Å². The molecule has 2 N–H and O–H groups in total. The average molecular weight is 473 g/mol. The van der Waals surface area contributed by atoms with Crippen LogP contribution in [0.25, 0.3) is 0 Å². The van der Waals surface area contributed by atoms with Crippen LogP contribution in [-0.4, -0.2) is 27.0 Å². The first kappa shape index (κ1) is 23.8. The molecule has 1 atom stereocenters. The molecule has 1 unspecified atom stereocenters. The van der Waals surface area contributed by atoms with Crippen LogP contribution < -0.4 is 14.8 Å². The fourth-order valence-electron chi connectivity index (χ4n) is 3.12. The third kappa shape index (κ3) is 6.56. The van der Waals surface area contributed by atoms with Gasteiger partial charge in [0.1, 0.15) is 11.8 Å². The number of benzene rings is 3. The van der Waals surface area contributed by atoms with Crippen molar-refractivity contribution in [3.8, 4) is 5.75 Å². The molecule has 3 aromatic carbocycles. The molecule has 0 aliphatic carbocycles. The minimum absolute atomic E-state index is 0.0536. The largest absolute Gasteiger partial charge is 0.494 e. The zero-order chi connectivity index (χ0) is 23.0. The van der Waals surface area contributed by atoms with E-state index in [1.807, 2.05) is 43.3 Å². The first-order valence-electron chi connectivity index (χ1n) is 10.2. The van der Waals surface area contributed by atoms with Crippen molar-refractivity contribution in [2.24, 2.45) is 0 Å². The van der Waals surface area contributed by atoms with Crippen LogP contribution in [0.3, 0.4) is 0 Å². The van der Waals surface area contributed by atoms with Crippen molar-refractivity contribution in [1.29, 1.82) is 0 Å². The molecule has 0 radical (unpaired) electrons. The molecule has 3 aromatic rings. The van der Waals surface area contributed by atoms with Crippen LogP contribution in [0.1, 0.15) is 18.1 Å². The van der Waals surface area contributed by atoms with Gasteiger partial charge in [0.05, 0.1) is 11.5 Å². The molecule has 1 amide bonds. The van der Waals surface area contributed by atoms with Crippen LogP contribution >= 0.6 is 11.6 Å². The van der Waals surface area contributed by atoms with E-state index in [-0.39, 0.29) is 17.9 Å². The minimum Gasteiger partial charge on any atom is -0.494 e. The summed E-state index contributed by atoms with van der Waals surface area (Å²) in [5, 5.41) is 3.32. The Hall–Kier alpha value is -2.87.